The van der Waals surface area contributed by atoms with E-state index >= 15 is 0 Å². The molecule has 0 spiro atoms. The van der Waals surface area contributed by atoms with Gasteiger partial charge in [-0.3, -0.25) is 0 Å². The Morgan fingerprint density at radius 2 is 2.10 bits per heavy atom. The Balaban J connectivity index is 3.94. The summed E-state index contributed by atoms with van der Waals surface area (Å²) in [6.07, 6.45) is 2.20. The Morgan fingerprint density at radius 1 is 1.60 bits per heavy atom. The molecule has 10 heavy (non-hydrogen) atoms. The molecule has 0 aromatic rings. The van der Waals surface area contributed by atoms with Gasteiger partial charge in [0.2, 0.25) is 0 Å². The van der Waals surface area contributed by atoms with Gasteiger partial charge in [-0.25, -0.2) is 0 Å². The average Bonchev–Trinajstić information content (AvgIpc) is 1.89. The number of nitrogens with zero attached hydrogens (tertiary/aromatic N) is 1. The molecule has 58 valence electrons. The molecule has 0 saturated carbocycles. The molecule has 0 aliphatic rings. The highest BCUT2D eigenvalue weighted by Gasteiger charge is 2.25. The second-order valence-electron chi connectivity index (χ2n) is 3.09. The van der Waals surface area contributed by atoms with E-state index in [4.69, 9.17) is 5.26 Å². The van der Waals surface area contributed by atoms with Crippen molar-refractivity contribution in [3.8, 4) is 6.07 Å². The lowest BCUT2D eigenvalue weighted by molar-refractivity contribution is 0.454. The molecule has 0 bridgehead atoms. The van der Waals surface area contributed by atoms with Gasteiger partial charge in [0.25, 0.3) is 0 Å². The predicted octanol–water partition coefficient (Wildman–Crippen LogP) is 3.10. The lowest BCUT2D eigenvalue weighted by Crippen LogP contribution is -2.21. The number of hydrogen-bond donors (Lipinski definition) is 0. The fourth-order valence-electron chi connectivity index (χ4n) is 0.684. The molecule has 0 aliphatic heterocycles. The molecule has 0 heterocycles. The molecule has 0 N–H and O–H groups in total. The standard InChI is InChI=1S/C8H14BrN/c1-4-5-7(9)8(2,3)6-10/h7H,4-5H2,1-3H3. The smallest absolute Gasteiger partial charge is 0.0695 e. The molecule has 0 saturated heterocycles. The molecular weight excluding hydrogens is 190 g/mol. The van der Waals surface area contributed by atoms with E-state index < -0.39 is 0 Å². The number of hydrogen-bond acceptors (Lipinski definition) is 1. The zero-order chi connectivity index (χ0) is 8.20. The summed E-state index contributed by atoms with van der Waals surface area (Å²) in [7, 11) is 0. The molecule has 1 unspecified atom stereocenters. The molecule has 2 heteroatoms. The Bertz CT molecular complexity index is 135. The summed E-state index contributed by atoms with van der Waals surface area (Å²) in [4.78, 5) is 0.329. The van der Waals surface area contributed by atoms with E-state index in [1.807, 2.05) is 13.8 Å². The highest BCUT2D eigenvalue weighted by molar-refractivity contribution is 9.09. The van der Waals surface area contributed by atoms with Crippen LogP contribution in [0, 0.1) is 16.7 Å². The second-order valence-corrected chi connectivity index (χ2v) is 4.20. The first kappa shape index (κ1) is 9.97. The molecule has 1 nitrogen and oxygen atoms in total. The van der Waals surface area contributed by atoms with Crippen LogP contribution in [-0.2, 0) is 0 Å². The zero-order valence-electron chi connectivity index (χ0n) is 6.82. The SMILES string of the molecule is CCCC(Br)C(C)(C)C#N. The highest BCUT2D eigenvalue weighted by atomic mass is 79.9. The molecular formula is C8H14BrN. The summed E-state index contributed by atoms with van der Waals surface area (Å²) in [6.45, 7) is 6.05. The van der Waals surface area contributed by atoms with Gasteiger partial charge in [-0.15, -0.1) is 0 Å². The number of rotatable bonds is 3. The predicted molar refractivity (Wildman–Crippen MR) is 47.0 cm³/mol. The molecule has 0 aromatic carbocycles. The first-order chi connectivity index (χ1) is 4.54. The maximum absolute atomic E-state index is 8.71. The fourth-order valence-corrected chi connectivity index (χ4v) is 1.24. The highest BCUT2D eigenvalue weighted by Crippen LogP contribution is 2.29. The van der Waals surface area contributed by atoms with Gasteiger partial charge in [0.05, 0.1) is 11.5 Å². The second kappa shape index (κ2) is 3.98. The van der Waals surface area contributed by atoms with Crippen LogP contribution in [0.1, 0.15) is 33.6 Å². The van der Waals surface area contributed by atoms with Gasteiger partial charge in [-0.05, 0) is 20.3 Å². The third-order valence-corrected chi connectivity index (χ3v) is 3.22. The zero-order valence-corrected chi connectivity index (χ0v) is 8.40. The maximum atomic E-state index is 8.71. The van der Waals surface area contributed by atoms with Crippen LogP contribution in [0.2, 0.25) is 0 Å². The van der Waals surface area contributed by atoms with Crippen LogP contribution in [0.3, 0.4) is 0 Å². The molecule has 0 fully saturated rings. The quantitative estimate of drug-likeness (QED) is 0.648. The molecule has 1 atom stereocenters. The van der Waals surface area contributed by atoms with E-state index in [1.165, 1.54) is 0 Å². The van der Waals surface area contributed by atoms with Crippen LogP contribution in [0.4, 0.5) is 0 Å². The van der Waals surface area contributed by atoms with Crippen molar-refractivity contribution in [2.75, 3.05) is 0 Å². The van der Waals surface area contributed by atoms with Gasteiger partial charge in [0.15, 0.2) is 0 Å². The van der Waals surface area contributed by atoms with Crippen LogP contribution in [0.5, 0.6) is 0 Å². The third kappa shape index (κ3) is 2.70. The molecule has 0 rings (SSSR count). The van der Waals surface area contributed by atoms with Crippen molar-refractivity contribution in [3.63, 3.8) is 0 Å². The van der Waals surface area contributed by atoms with E-state index in [0.29, 0.717) is 4.83 Å². The van der Waals surface area contributed by atoms with Gasteiger partial charge >= 0.3 is 0 Å². The van der Waals surface area contributed by atoms with Crippen LogP contribution < -0.4 is 0 Å². The monoisotopic (exact) mass is 203 g/mol. The fraction of sp³-hybridized carbons (Fsp3) is 0.875. The van der Waals surface area contributed by atoms with Crippen molar-refractivity contribution in [2.45, 2.75) is 38.4 Å². The molecule has 0 radical (unpaired) electrons. The van der Waals surface area contributed by atoms with Crippen LogP contribution in [-0.4, -0.2) is 4.83 Å². The van der Waals surface area contributed by atoms with Gasteiger partial charge < -0.3 is 0 Å². The Hall–Kier alpha value is -0.0300. The Labute approximate surface area is 71.6 Å². The maximum Gasteiger partial charge on any atom is 0.0695 e. The van der Waals surface area contributed by atoms with Gasteiger partial charge in [0.1, 0.15) is 0 Å². The number of alkyl halides is 1. The van der Waals surface area contributed by atoms with Crippen molar-refractivity contribution < 1.29 is 0 Å². The number of halogens is 1. The van der Waals surface area contributed by atoms with Crippen LogP contribution in [0.15, 0.2) is 0 Å². The van der Waals surface area contributed by atoms with Crippen molar-refractivity contribution in [2.24, 2.45) is 5.41 Å². The molecule has 0 aliphatic carbocycles. The minimum atomic E-state index is -0.226. The average molecular weight is 204 g/mol. The minimum absolute atomic E-state index is 0.226. The minimum Gasteiger partial charge on any atom is -0.198 e. The Kier molecular flexibility index (Phi) is 3.96. The van der Waals surface area contributed by atoms with Crippen molar-refractivity contribution in [3.05, 3.63) is 0 Å². The molecule has 0 amide bonds. The normalized spacial score (nSPS) is 14.3. The summed E-state index contributed by atoms with van der Waals surface area (Å²) in [6, 6.07) is 2.28. The van der Waals surface area contributed by atoms with Gasteiger partial charge in [-0.2, -0.15) is 5.26 Å². The van der Waals surface area contributed by atoms with E-state index in [0.717, 1.165) is 12.8 Å². The summed E-state index contributed by atoms with van der Waals surface area (Å²) >= 11 is 3.50. The van der Waals surface area contributed by atoms with Crippen molar-refractivity contribution in [1.29, 1.82) is 5.26 Å². The summed E-state index contributed by atoms with van der Waals surface area (Å²) in [5.74, 6) is 0. The topological polar surface area (TPSA) is 23.8 Å². The largest absolute Gasteiger partial charge is 0.198 e. The Morgan fingerprint density at radius 3 is 2.40 bits per heavy atom. The van der Waals surface area contributed by atoms with E-state index in [2.05, 4.69) is 28.9 Å². The van der Waals surface area contributed by atoms with Gasteiger partial charge in [-0.1, -0.05) is 29.3 Å². The van der Waals surface area contributed by atoms with Gasteiger partial charge in [0, 0.05) is 4.83 Å². The van der Waals surface area contributed by atoms with Crippen molar-refractivity contribution >= 4 is 15.9 Å². The van der Waals surface area contributed by atoms with Crippen LogP contribution in [0.25, 0.3) is 0 Å². The number of nitriles is 1. The molecule has 0 aromatic heterocycles. The lowest BCUT2D eigenvalue weighted by Gasteiger charge is -2.21. The van der Waals surface area contributed by atoms with E-state index in [9.17, 15) is 0 Å². The van der Waals surface area contributed by atoms with E-state index in [-0.39, 0.29) is 5.41 Å². The van der Waals surface area contributed by atoms with Crippen molar-refractivity contribution in [1.82, 2.24) is 0 Å². The third-order valence-electron chi connectivity index (χ3n) is 1.61. The van der Waals surface area contributed by atoms with E-state index in [1.54, 1.807) is 0 Å². The summed E-state index contributed by atoms with van der Waals surface area (Å²) in [5.41, 5.74) is -0.226. The summed E-state index contributed by atoms with van der Waals surface area (Å²) < 4.78 is 0. The lowest BCUT2D eigenvalue weighted by atomic mass is 9.89. The summed E-state index contributed by atoms with van der Waals surface area (Å²) in [5, 5.41) is 8.71. The van der Waals surface area contributed by atoms with Crippen LogP contribution >= 0.6 is 15.9 Å². The first-order valence-electron chi connectivity index (χ1n) is 3.60. The first-order valence-corrected chi connectivity index (χ1v) is 4.51.